The molecule has 1 saturated heterocycles. The van der Waals surface area contributed by atoms with Crippen molar-refractivity contribution in [1.29, 1.82) is 0 Å². The van der Waals surface area contributed by atoms with Gasteiger partial charge in [0.25, 0.3) is 0 Å². The molecular weight excluding hydrogens is 239 g/mol. The molecule has 1 heterocycles. The number of nitrogens with zero attached hydrogens (tertiary/aromatic N) is 1. The number of carbonyl (C=O) groups excluding carboxylic acids is 1. The van der Waals surface area contributed by atoms with E-state index in [0.717, 1.165) is 24.2 Å². The van der Waals surface area contributed by atoms with Crippen molar-refractivity contribution in [2.75, 3.05) is 12.3 Å². The molecule has 1 unspecified atom stereocenters. The summed E-state index contributed by atoms with van der Waals surface area (Å²) in [6, 6.07) is 0. The lowest BCUT2D eigenvalue weighted by molar-refractivity contribution is -0.165. The van der Waals surface area contributed by atoms with Gasteiger partial charge in [-0.3, -0.25) is 4.79 Å². The summed E-state index contributed by atoms with van der Waals surface area (Å²) in [5.41, 5.74) is 0. The molecule has 0 bridgehead atoms. The third kappa shape index (κ3) is 3.57. The highest BCUT2D eigenvalue weighted by molar-refractivity contribution is 8.01. The fourth-order valence-electron chi connectivity index (χ4n) is 1.68. The first kappa shape index (κ1) is 13.7. The molecule has 6 heteroatoms. The van der Waals surface area contributed by atoms with Gasteiger partial charge in [-0.15, -0.1) is 11.8 Å². The van der Waals surface area contributed by atoms with Crippen molar-refractivity contribution >= 4 is 17.7 Å². The van der Waals surface area contributed by atoms with Crippen LogP contribution in [-0.2, 0) is 4.79 Å². The minimum Gasteiger partial charge on any atom is -0.322 e. The lowest BCUT2D eigenvalue weighted by atomic mass is 10.2. The molecule has 0 radical (unpaired) electrons. The number of rotatable bonds is 5. The minimum atomic E-state index is -4.30. The maximum atomic E-state index is 12.5. The summed E-state index contributed by atoms with van der Waals surface area (Å²) < 4.78 is 37.6. The summed E-state index contributed by atoms with van der Waals surface area (Å²) in [6.07, 6.45) is -0.721. The van der Waals surface area contributed by atoms with E-state index < -0.39 is 11.6 Å². The Bertz CT molecular complexity index is 245. The number of hydrogen-bond acceptors (Lipinski definition) is 2. The highest BCUT2D eigenvalue weighted by atomic mass is 32.2. The molecular formula is C10H16F3NOS. The van der Waals surface area contributed by atoms with Crippen molar-refractivity contribution in [3.8, 4) is 0 Å². The van der Waals surface area contributed by atoms with Crippen LogP contribution in [0.5, 0.6) is 0 Å². The Morgan fingerprint density at radius 1 is 1.38 bits per heavy atom. The molecule has 16 heavy (non-hydrogen) atoms. The van der Waals surface area contributed by atoms with Gasteiger partial charge in [-0.05, 0) is 6.42 Å². The molecule has 0 aromatic heterocycles. The van der Waals surface area contributed by atoms with Crippen LogP contribution in [0.4, 0.5) is 13.2 Å². The van der Waals surface area contributed by atoms with Gasteiger partial charge in [-0.25, -0.2) is 0 Å². The predicted octanol–water partition coefficient (Wildman–Crippen LogP) is 3.03. The smallest absolute Gasteiger partial charge is 0.322 e. The van der Waals surface area contributed by atoms with Crippen LogP contribution >= 0.6 is 11.8 Å². The fraction of sp³-hybridized carbons (Fsp3) is 0.900. The van der Waals surface area contributed by atoms with Crippen molar-refractivity contribution in [1.82, 2.24) is 4.90 Å². The topological polar surface area (TPSA) is 20.3 Å². The zero-order chi connectivity index (χ0) is 12.2. The van der Waals surface area contributed by atoms with Gasteiger partial charge in [0.1, 0.15) is 0 Å². The molecule has 1 fully saturated rings. The van der Waals surface area contributed by atoms with E-state index in [4.69, 9.17) is 0 Å². The van der Waals surface area contributed by atoms with E-state index in [9.17, 15) is 18.0 Å². The van der Waals surface area contributed by atoms with Crippen LogP contribution in [0.3, 0.4) is 0 Å². The third-order valence-electron chi connectivity index (χ3n) is 2.50. The first-order chi connectivity index (χ1) is 7.46. The van der Waals surface area contributed by atoms with Crippen LogP contribution in [0.2, 0.25) is 0 Å². The molecule has 1 aliphatic rings. The van der Waals surface area contributed by atoms with Crippen LogP contribution in [0.25, 0.3) is 0 Å². The molecule has 0 aliphatic carbocycles. The minimum absolute atomic E-state index is 0.0437. The summed E-state index contributed by atoms with van der Waals surface area (Å²) in [5.74, 6) is -0.429. The van der Waals surface area contributed by atoms with Gasteiger partial charge in [0.2, 0.25) is 5.91 Å². The molecule has 1 atom stereocenters. The second-order valence-corrected chi connectivity index (χ2v) is 4.92. The normalized spacial score (nSPS) is 21.9. The number of halogens is 3. The highest BCUT2D eigenvalue weighted by Crippen LogP contribution is 2.37. The molecule has 94 valence electrons. The van der Waals surface area contributed by atoms with E-state index in [1.165, 1.54) is 0 Å². The summed E-state index contributed by atoms with van der Waals surface area (Å²) in [7, 11) is 0. The number of thioether (sulfide) groups is 1. The quantitative estimate of drug-likeness (QED) is 0.704. The van der Waals surface area contributed by atoms with E-state index in [1.807, 2.05) is 6.92 Å². The summed E-state index contributed by atoms with van der Waals surface area (Å²) >= 11 is 0.681. The average molecular weight is 255 g/mol. The second kappa shape index (κ2) is 5.80. The summed E-state index contributed by atoms with van der Waals surface area (Å²) in [5, 5.41) is -1.62. The Morgan fingerprint density at radius 2 is 2.06 bits per heavy atom. The molecule has 2 nitrogen and oxygen atoms in total. The van der Waals surface area contributed by atoms with Gasteiger partial charge in [-0.2, -0.15) is 13.2 Å². The van der Waals surface area contributed by atoms with Gasteiger partial charge >= 0.3 is 6.18 Å². The molecule has 1 aliphatic heterocycles. The van der Waals surface area contributed by atoms with Crippen LogP contribution in [-0.4, -0.2) is 34.7 Å². The lowest BCUT2D eigenvalue weighted by Crippen LogP contribution is -2.42. The van der Waals surface area contributed by atoms with Gasteiger partial charge < -0.3 is 4.90 Å². The standard InChI is InChI=1S/C10H16F3NOS/c1-2-3-4-5-6-14-8(15)7-16-9(14)10(11,12)13/h9H,2-7H2,1H3. The number of carbonyl (C=O) groups is 1. The molecule has 0 N–H and O–H groups in total. The van der Waals surface area contributed by atoms with Gasteiger partial charge in [0.15, 0.2) is 5.37 Å². The van der Waals surface area contributed by atoms with Gasteiger partial charge in [0.05, 0.1) is 5.75 Å². The van der Waals surface area contributed by atoms with Crippen molar-refractivity contribution in [2.24, 2.45) is 0 Å². The van der Waals surface area contributed by atoms with E-state index in [1.54, 1.807) is 0 Å². The number of alkyl halides is 3. The SMILES string of the molecule is CCCCCCN1C(=O)CSC1C(F)(F)F. The maximum absolute atomic E-state index is 12.5. The van der Waals surface area contributed by atoms with E-state index >= 15 is 0 Å². The Hall–Kier alpha value is -0.390. The van der Waals surface area contributed by atoms with E-state index in [2.05, 4.69) is 0 Å². The first-order valence-corrected chi connectivity index (χ1v) is 6.49. The zero-order valence-electron chi connectivity index (χ0n) is 9.22. The van der Waals surface area contributed by atoms with Gasteiger partial charge in [-0.1, -0.05) is 26.2 Å². The predicted molar refractivity (Wildman–Crippen MR) is 58.2 cm³/mol. The summed E-state index contributed by atoms with van der Waals surface area (Å²) in [4.78, 5) is 12.3. The molecule has 1 rings (SSSR count). The number of amides is 1. The Morgan fingerprint density at radius 3 is 2.62 bits per heavy atom. The fourth-order valence-corrected chi connectivity index (χ4v) is 2.73. The van der Waals surface area contributed by atoms with Crippen molar-refractivity contribution in [2.45, 2.75) is 44.2 Å². The van der Waals surface area contributed by atoms with Crippen LogP contribution in [0.1, 0.15) is 32.6 Å². The third-order valence-corrected chi connectivity index (χ3v) is 3.75. The van der Waals surface area contributed by atoms with E-state index in [0.29, 0.717) is 18.2 Å². The van der Waals surface area contributed by atoms with E-state index in [-0.39, 0.29) is 18.2 Å². The molecule has 0 aromatic carbocycles. The first-order valence-electron chi connectivity index (χ1n) is 5.44. The molecule has 1 amide bonds. The maximum Gasteiger partial charge on any atom is 0.418 e. The van der Waals surface area contributed by atoms with Crippen LogP contribution in [0, 0.1) is 0 Å². The van der Waals surface area contributed by atoms with Gasteiger partial charge in [0, 0.05) is 6.54 Å². The van der Waals surface area contributed by atoms with Crippen LogP contribution in [0.15, 0.2) is 0 Å². The zero-order valence-corrected chi connectivity index (χ0v) is 10.0. The number of hydrogen-bond donors (Lipinski definition) is 0. The molecule has 0 aromatic rings. The summed E-state index contributed by atoms with van der Waals surface area (Å²) in [6.45, 7) is 2.27. The lowest BCUT2D eigenvalue weighted by Gasteiger charge is -2.25. The second-order valence-electron chi connectivity index (χ2n) is 3.85. The largest absolute Gasteiger partial charge is 0.418 e. The molecule has 0 spiro atoms. The monoisotopic (exact) mass is 255 g/mol. The van der Waals surface area contributed by atoms with Crippen molar-refractivity contribution < 1.29 is 18.0 Å². The van der Waals surface area contributed by atoms with Crippen molar-refractivity contribution in [3.63, 3.8) is 0 Å². The van der Waals surface area contributed by atoms with Crippen LogP contribution < -0.4 is 0 Å². The Kier molecular flexibility index (Phi) is 4.95. The Labute approximate surface area is 97.6 Å². The highest BCUT2D eigenvalue weighted by Gasteiger charge is 2.49. The average Bonchev–Trinajstić information content (AvgIpc) is 2.54. The Balaban J connectivity index is 2.44. The van der Waals surface area contributed by atoms with Crippen molar-refractivity contribution in [3.05, 3.63) is 0 Å². The number of unbranched alkanes of at least 4 members (excludes halogenated alkanes) is 3. The molecule has 0 saturated carbocycles.